The third-order valence-corrected chi connectivity index (χ3v) is 4.28. The summed E-state index contributed by atoms with van der Waals surface area (Å²) in [6.45, 7) is 1.30. The summed E-state index contributed by atoms with van der Waals surface area (Å²) in [5.74, 6) is 0.598. The van der Waals surface area contributed by atoms with Crippen LogP contribution in [0, 0.1) is 0 Å². The number of imidazole rings is 1. The summed E-state index contributed by atoms with van der Waals surface area (Å²) in [6, 6.07) is 17.2. The molecule has 2 aromatic carbocycles. The number of aromatic nitrogens is 2. The molecule has 0 atom stereocenters. The molecule has 26 heavy (non-hydrogen) atoms. The molecular weight excluding hydrogens is 346 g/mol. The molecule has 3 rings (SSSR count). The molecule has 5 nitrogen and oxygen atoms in total. The largest absolute Gasteiger partial charge is 0.492 e. The molecule has 1 N–H and O–H groups in total. The van der Waals surface area contributed by atoms with Crippen LogP contribution >= 0.6 is 11.8 Å². The van der Waals surface area contributed by atoms with Gasteiger partial charge < -0.3 is 14.6 Å². The molecule has 0 aliphatic rings. The highest BCUT2D eigenvalue weighted by molar-refractivity contribution is 8.02. The fourth-order valence-electron chi connectivity index (χ4n) is 2.18. The number of ether oxygens (including phenoxy) is 1. The number of nitrogens with zero attached hydrogens (tertiary/aromatic N) is 2. The third kappa shape index (κ3) is 5.82. The SMILES string of the molecule is O=C(/C=C/Sc1ccccc1)Nc1ccc(OCCn2ccnc2)cc1. The normalized spacial score (nSPS) is 10.8. The zero-order valence-corrected chi connectivity index (χ0v) is 14.9. The molecule has 0 aliphatic carbocycles. The maximum Gasteiger partial charge on any atom is 0.248 e. The second-order valence-corrected chi connectivity index (χ2v) is 6.38. The van der Waals surface area contributed by atoms with E-state index in [-0.39, 0.29) is 5.91 Å². The first-order valence-corrected chi connectivity index (χ1v) is 9.05. The van der Waals surface area contributed by atoms with E-state index >= 15 is 0 Å². The van der Waals surface area contributed by atoms with Crippen molar-refractivity contribution in [2.75, 3.05) is 11.9 Å². The van der Waals surface area contributed by atoms with Crippen molar-refractivity contribution in [1.82, 2.24) is 9.55 Å². The molecule has 0 unspecified atom stereocenters. The van der Waals surface area contributed by atoms with E-state index in [9.17, 15) is 4.79 Å². The minimum absolute atomic E-state index is 0.165. The van der Waals surface area contributed by atoms with Crippen molar-refractivity contribution in [3.8, 4) is 5.75 Å². The average Bonchev–Trinajstić information content (AvgIpc) is 3.18. The van der Waals surface area contributed by atoms with Crippen LogP contribution in [0.25, 0.3) is 0 Å². The monoisotopic (exact) mass is 365 g/mol. The first-order valence-electron chi connectivity index (χ1n) is 8.17. The smallest absolute Gasteiger partial charge is 0.248 e. The maximum absolute atomic E-state index is 11.9. The lowest BCUT2D eigenvalue weighted by molar-refractivity contribution is -0.111. The average molecular weight is 365 g/mol. The Bertz CT molecular complexity index is 831. The van der Waals surface area contributed by atoms with Crippen molar-refractivity contribution < 1.29 is 9.53 Å². The van der Waals surface area contributed by atoms with Crippen molar-refractivity contribution in [1.29, 1.82) is 0 Å². The Morgan fingerprint density at radius 1 is 1.15 bits per heavy atom. The van der Waals surface area contributed by atoms with Gasteiger partial charge in [-0.3, -0.25) is 4.79 Å². The van der Waals surface area contributed by atoms with E-state index < -0.39 is 0 Å². The van der Waals surface area contributed by atoms with Gasteiger partial charge >= 0.3 is 0 Å². The molecule has 1 heterocycles. The van der Waals surface area contributed by atoms with Crippen molar-refractivity contribution >= 4 is 23.4 Å². The van der Waals surface area contributed by atoms with Gasteiger partial charge in [-0.25, -0.2) is 4.98 Å². The molecule has 132 valence electrons. The molecule has 0 fully saturated rings. The van der Waals surface area contributed by atoms with Crippen LogP contribution in [0.2, 0.25) is 0 Å². The Kier molecular flexibility index (Phi) is 6.50. The van der Waals surface area contributed by atoms with Gasteiger partial charge in [0, 0.05) is 29.1 Å². The van der Waals surface area contributed by atoms with Gasteiger partial charge in [-0.2, -0.15) is 0 Å². The molecule has 0 saturated carbocycles. The molecule has 0 spiro atoms. The highest BCUT2D eigenvalue weighted by Crippen LogP contribution is 2.19. The molecule has 0 radical (unpaired) electrons. The molecular formula is C20H19N3O2S. The van der Waals surface area contributed by atoms with Gasteiger partial charge in [0.15, 0.2) is 0 Å². The summed E-state index contributed by atoms with van der Waals surface area (Å²) < 4.78 is 7.63. The number of hydrogen-bond donors (Lipinski definition) is 1. The van der Waals surface area contributed by atoms with Crippen LogP contribution in [-0.2, 0) is 11.3 Å². The molecule has 0 bridgehead atoms. The maximum atomic E-state index is 11.9. The third-order valence-electron chi connectivity index (χ3n) is 3.47. The van der Waals surface area contributed by atoms with Crippen LogP contribution in [0.3, 0.4) is 0 Å². The number of thioether (sulfide) groups is 1. The summed E-state index contributed by atoms with van der Waals surface area (Å²) in [5.41, 5.74) is 0.728. The van der Waals surface area contributed by atoms with Crippen LogP contribution in [0.4, 0.5) is 5.69 Å². The quantitative estimate of drug-likeness (QED) is 0.480. The second kappa shape index (κ2) is 9.48. The molecule has 0 saturated heterocycles. The fourth-order valence-corrected chi connectivity index (χ4v) is 2.84. The van der Waals surface area contributed by atoms with Crippen LogP contribution in [0.5, 0.6) is 5.75 Å². The molecule has 0 aliphatic heterocycles. The summed E-state index contributed by atoms with van der Waals surface area (Å²) in [4.78, 5) is 17.0. The summed E-state index contributed by atoms with van der Waals surface area (Å²) in [7, 11) is 0. The van der Waals surface area contributed by atoms with E-state index in [1.54, 1.807) is 17.9 Å². The second-order valence-electron chi connectivity index (χ2n) is 5.40. The molecule has 1 aromatic heterocycles. The minimum atomic E-state index is -0.165. The summed E-state index contributed by atoms with van der Waals surface area (Å²) >= 11 is 1.50. The van der Waals surface area contributed by atoms with Crippen LogP contribution in [-0.4, -0.2) is 22.1 Å². The van der Waals surface area contributed by atoms with E-state index in [2.05, 4.69) is 10.3 Å². The van der Waals surface area contributed by atoms with E-state index in [1.165, 1.54) is 17.8 Å². The summed E-state index contributed by atoms with van der Waals surface area (Å²) in [6.07, 6.45) is 6.91. The number of carbonyl (C=O) groups excluding carboxylic acids is 1. The topological polar surface area (TPSA) is 56.1 Å². The Labute approximate surface area is 156 Å². The standard InChI is InChI=1S/C20H19N3O2S/c24-20(10-15-26-19-4-2-1-3-5-19)22-17-6-8-18(9-7-17)25-14-13-23-12-11-21-16-23/h1-12,15-16H,13-14H2,(H,22,24)/b15-10+. The van der Waals surface area contributed by atoms with Gasteiger partial charge in [0.2, 0.25) is 5.91 Å². The Morgan fingerprint density at radius 3 is 2.69 bits per heavy atom. The fraction of sp³-hybridized carbons (Fsp3) is 0.100. The lowest BCUT2D eigenvalue weighted by Gasteiger charge is -2.08. The summed E-state index contributed by atoms with van der Waals surface area (Å²) in [5, 5.41) is 4.60. The van der Waals surface area contributed by atoms with Gasteiger partial charge in [0.1, 0.15) is 12.4 Å². The Morgan fingerprint density at radius 2 is 1.96 bits per heavy atom. The van der Waals surface area contributed by atoms with Crippen LogP contribution in [0.1, 0.15) is 0 Å². The number of anilines is 1. The van der Waals surface area contributed by atoms with Crippen molar-refractivity contribution in [3.63, 3.8) is 0 Å². The van der Waals surface area contributed by atoms with Gasteiger partial charge in [-0.05, 0) is 41.8 Å². The van der Waals surface area contributed by atoms with Crippen molar-refractivity contribution in [3.05, 3.63) is 84.8 Å². The Balaban J connectivity index is 1.42. The number of carbonyl (C=O) groups is 1. The first-order chi connectivity index (χ1) is 12.8. The van der Waals surface area contributed by atoms with Gasteiger partial charge in [0.05, 0.1) is 12.9 Å². The zero-order chi connectivity index (χ0) is 18.0. The molecule has 1 amide bonds. The van der Waals surface area contributed by atoms with Crippen molar-refractivity contribution in [2.45, 2.75) is 11.4 Å². The van der Waals surface area contributed by atoms with E-state index in [1.807, 2.05) is 65.4 Å². The lowest BCUT2D eigenvalue weighted by atomic mass is 10.3. The van der Waals surface area contributed by atoms with Gasteiger partial charge in [-0.1, -0.05) is 30.0 Å². The predicted octanol–water partition coefficient (Wildman–Crippen LogP) is 4.21. The molecule has 3 aromatic rings. The number of hydrogen-bond acceptors (Lipinski definition) is 4. The number of rotatable bonds is 8. The number of benzene rings is 2. The van der Waals surface area contributed by atoms with E-state index in [0.717, 1.165) is 22.9 Å². The zero-order valence-electron chi connectivity index (χ0n) is 14.1. The van der Waals surface area contributed by atoms with Crippen LogP contribution < -0.4 is 10.1 Å². The highest BCUT2D eigenvalue weighted by Gasteiger charge is 2.00. The van der Waals surface area contributed by atoms with Gasteiger partial charge in [-0.15, -0.1) is 0 Å². The highest BCUT2D eigenvalue weighted by atomic mass is 32.2. The van der Waals surface area contributed by atoms with E-state index in [0.29, 0.717) is 6.61 Å². The molecule has 6 heteroatoms. The predicted molar refractivity (Wildman–Crippen MR) is 104 cm³/mol. The lowest BCUT2D eigenvalue weighted by Crippen LogP contribution is -2.08. The number of nitrogens with one attached hydrogen (secondary N) is 1. The Hall–Kier alpha value is -2.99. The van der Waals surface area contributed by atoms with Gasteiger partial charge in [0.25, 0.3) is 0 Å². The number of amides is 1. The van der Waals surface area contributed by atoms with Crippen molar-refractivity contribution in [2.24, 2.45) is 0 Å². The van der Waals surface area contributed by atoms with Crippen LogP contribution in [0.15, 0.2) is 89.7 Å². The first kappa shape index (κ1) is 17.8. The minimum Gasteiger partial charge on any atom is -0.492 e. The van der Waals surface area contributed by atoms with E-state index in [4.69, 9.17) is 4.74 Å².